The molecule has 0 aliphatic carbocycles. The minimum Gasteiger partial charge on any atom is -0.483 e. The number of hydrogen-bond donors (Lipinski definition) is 2. The van der Waals surface area contributed by atoms with E-state index >= 15 is 0 Å². The van der Waals surface area contributed by atoms with Crippen LogP contribution < -0.4 is 15.4 Å². The normalized spacial score (nSPS) is 14.1. The first-order chi connectivity index (χ1) is 11.3. The van der Waals surface area contributed by atoms with Crippen LogP contribution in [0.4, 0.5) is 0 Å². The lowest BCUT2D eigenvalue weighted by molar-refractivity contribution is -0.123. The van der Waals surface area contributed by atoms with Crippen LogP contribution in [0.5, 0.6) is 5.75 Å². The average Bonchev–Trinajstić information content (AvgIpc) is 2.53. The molecule has 3 rings (SSSR count). The van der Waals surface area contributed by atoms with Crippen LogP contribution in [-0.4, -0.2) is 32.1 Å². The van der Waals surface area contributed by atoms with E-state index in [0.29, 0.717) is 5.92 Å². The molecule has 0 radical (unpaired) electrons. The summed E-state index contributed by atoms with van der Waals surface area (Å²) in [4.78, 5) is 11.9. The molecule has 1 aliphatic heterocycles. The highest BCUT2D eigenvalue weighted by molar-refractivity contribution is 5.77. The van der Waals surface area contributed by atoms with Gasteiger partial charge in [0.1, 0.15) is 5.75 Å². The molecule has 0 aromatic heterocycles. The number of nitrogens with one attached hydrogen (secondary N) is 2. The van der Waals surface area contributed by atoms with Gasteiger partial charge in [0.15, 0.2) is 6.61 Å². The van der Waals surface area contributed by atoms with Crippen molar-refractivity contribution >= 4 is 5.91 Å². The van der Waals surface area contributed by atoms with Gasteiger partial charge >= 0.3 is 0 Å². The van der Waals surface area contributed by atoms with E-state index in [4.69, 9.17) is 4.74 Å². The Hall–Kier alpha value is -2.33. The van der Waals surface area contributed by atoms with Crippen LogP contribution in [0, 0.1) is 5.92 Å². The SMILES string of the molecule is O=C(COc1ccccc1Cc1ccccc1)NCC1CNC1. The highest BCUT2D eigenvalue weighted by Gasteiger charge is 2.17. The van der Waals surface area contributed by atoms with Crippen molar-refractivity contribution in [2.75, 3.05) is 26.2 Å². The second-order valence-electron chi connectivity index (χ2n) is 5.89. The number of carbonyl (C=O) groups excluding carboxylic acids is 1. The van der Waals surface area contributed by atoms with Crippen molar-refractivity contribution in [3.8, 4) is 5.75 Å². The van der Waals surface area contributed by atoms with Gasteiger partial charge in [0.2, 0.25) is 0 Å². The molecule has 4 heteroatoms. The summed E-state index contributed by atoms with van der Waals surface area (Å²) < 4.78 is 5.73. The zero-order valence-electron chi connectivity index (χ0n) is 13.1. The van der Waals surface area contributed by atoms with Crippen molar-refractivity contribution in [2.24, 2.45) is 5.92 Å². The first-order valence-electron chi connectivity index (χ1n) is 8.03. The van der Waals surface area contributed by atoms with Gasteiger partial charge in [-0.15, -0.1) is 0 Å². The molecule has 1 saturated heterocycles. The first-order valence-corrected chi connectivity index (χ1v) is 8.03. The van der Waals surface area contributed by atoms with E-state index in [9.17, 15) is 4.79 Å². The lowest BCUT2D eigenvalue weighted by Crippen LogP contribution is -2.48. The largest absolute Gasteiger partial charge is 0.483 e. The van der Waals surface area contributed by atoms with Crippen molar-refractivity contribution in [1.82, 2.24) is 10.6 Å². The van der Waals surface area contributed by atoms with Crippen LogP contribution >= 0.6 is 0 Å². The summed E-state index contributed by atoms with van der Waals surface area (Å²) in [6.45, 7) is 2.76. The van der Waals surface area contributed by atoms with E-state index in [1.54, 1.807) is 0 Å². The van der Waals surface area contributed by atoms with Crippen molar-refractivity contribution in [3.63, 3.8) is 0 Å². The zero-order valence-corrected chi connectivity index (χ0v) is 13.1. The number of para-hydroxylation sites is 1. The van der Waals surface area contributed by atoms with E-state index < -0.39 is 0 Å². The molecule has 1 amide bonds. The number of ether oxygens (including phenoxy) is 1. The van der Waals surface area contributed by atoms with Crippen LogP contribution in [-0.2, 0) is 11.2 Å². The number of amides is 1. The third kappa shape index (κ3) is 4.57. The van der Waals surface area contributed by atoms with Crippen molar-refractivity contribution in [3.05, 3.63) is 65.7 Å². The molecule has 23 heavy (non-hydrogen) atoms. The van der Waals surface area contributed by atoms with Gasteiger partial charge in [0.05, 0.1) is 0 Å². The molecule has 0 saturated carbocycles. The number of rotatable bonds is 7. The van der Waals surface area contributed by atoms with Crippen LogP contribution in [0.2, 0.25) is 0 Å². The summed E-state index contributed by atoms with van der Waals surface area (Å²) in [7, 11) is 0. The molecule has 1 aliphatic rings. The molecule has 2 N–H and O–H groups in total. The second-order valence-corrected chi connectivity index (χ2v) is 5.89. The Morgan fingerprint density at radius 1 is 1.09 bits per heavy atom. The molecule has 1 heterocycles. The first kappa shape index (κ1) is 15.6. The fraction of sp³-hybridized carbons (Fsp3) is 0.316. The minimum absolute atomic E-state index is 0.0615. The van der Waals surface area contributed by atoms with Gasteiger partial charge in [-0.05, 0) is 17.2 Å². The second kappa shape index (κ2) is 7.79. The molecule has 1 fully saturated rings. The Balaban J connectivity index is 1.53. The van der Waals surface area contributed by atoms with Gasteiger partial charge in [-0.25, -0.2) is 0 Å². The summed E-state index contributed by atoms with van der Waals surface area (Å²) in [6.07, 6.45) is 0.798. The molecule has 4 nitrogen and oxygen atoms in total. The van der Waals surface area contributed by atoms with Crippen LogP contribution in [0.15, 0.2) is 54.6 Å². The Kier molecular flexibility index (Phi) is 5.27. The molecular weight excluding hydrogens is 288 g/mol. The maximum Gasteiger partial charge on any atom is 0.257 e. The monoisotopic (exact) mass is 310 g/mol. The molecule has 2 aromatic rings. The van der Waals surface area contributed by atoms with Crippen LogP contribution in [0.3, 0.4) is 0 Å². The summed E-state index contributed by atoms with van der Waals surface area (Å²) in [5.74, 6) is 1.27. The number of hydrogen-bond acceptors (Lipinski definition) is 3. The topological polar surface area (TPSA) is 50.4 Å². The summed E-state index contributed by atoms with van der Waals surface area (Å²) in [5.41, 5.74) is 2.32. The van der Waals surface area contributed by atoms with E-state index in [1.807, 2.05) is 42.5 Å². The maximum atomic E-state index is 11.9. The number of carbonyl (C=O) groups is 1. The minimum atomic E-state index is -0.0635. The van der Waals surface area contributed by atoms with E-state index in [2.05, 4.69) is 22.8 Å². The predicted molar refractivity (Wildman–Crippen MR) is 90.6 cm³/mol. The smallest absolute Gasteiger partial charge is 0.257 e. The predicted octanol–water partition coefficient (Wildman–Crippen LogP) is 1.99. The Labute approximate surface area is 136 Å². The highest BCUT2D eigenvalue weighted by atomic mass is 16.5. The summed E-state index contributed by atoms with van der Waals surface area (Å²) >= 11 is 0. The molecule has 0 spiro atoms. The van der Waals surface area contributed by atoms with Crippen LogP contribution in [0.25, 0.3) is 0 Å². The third-order valence-electron chi connectivity index (χ3n) is 4.02. The van der Waals surface area contributed by atoms with E-state index in [-0.39, 0.29) is 12.5 Å². The van der Waals surface area contributed by atoms with E-state index in [0.717, 1.165) is 37.4 Å². The van der Waals surface area contributed by atoms with E-state index in [1.165, 1.54) is 5.56 Å². The van der Waals surface area contributed by atoms with Gasteiger partial charge in [0.25, 0.3) is 5.91 Å². The molecule has 2 aromatic carbocycles. The van der Waals surface area contributed by atoms with Gasteiger partial charge in [-0.2, -0.15) is 0 Å². The standard InChI is InChI=1S/C19H22N2O2/c22-19(21-13-16-11-20-12-16)14-23-18-9-5-4-8-17(18)10-15-6-2-1-3-7-15/h1-9,16,20H,10-14H2,(H,21,22). The van der Waals surface area contributed by atoms with Crippen molar-refractivity contribution < 1.29 is 9.53 Å². The quantitative estimate of drug-likeness (QED) is 0.822. The lowest BCUT2D eigenvalue weighted by atomic mass is 10.0. The Bertz CT molecular complexity index is 639. The third-order valence-corrected chi connectivity index (χ3v) is 4.02. The molecule has 0 atom stereocenters. The number of benzene rings is 2. The van der Waals surface area contributed by atoms with Crippen molar-refractivity contribution in [2.45, 2.75) is 6.42 Å². The molecule has 0 unspecified atom stereocenters. The van der Waals surface area contributed by atoms with Crippen LogP contribution in [0.1, 0.15) is 11.1 Å². The lowest BCUT2D eigenvalue weighted by Gasteiger charge is -2.27. The molecule has 0 bridgehead atoms. The summed E-state index contributed by atoms with van der Waals surface area (Å²) in [6, 6.07) is 18.1. The maximum absolute atomic E-state index is 11.9. The van der Waals surface area contributed by atoms with Gasteiger partial charge in [-0.3, -0.25) is 4.79 Å². The fourth-order valence-corrected chi connectivity index (χ4v) is 2.55. The Morgan fingerprint density at radius 3 is 2.57 bits per heavy atom. The van der Waals surface area contributed by atoms with Gasteiger partial charge in [0, 0.05) is 32.0 Å². The van der Waals surface area contributed by atoms with Crippen molar-refractivity contribution in [1.29, 1.82) is 0 Å². The van der Waals surface area contributed by atoms with Gasteiger partial charge < -0.3 is 15.4 Å². The average molecular weight is 310 g/mol. The highest BCUT2D eigenvalue weighted by Crippen LogP contribution is 2.21. The molecular formula is C19H22N2O2. The fourth-order valence-electron chi connectivity index (χ4n) is 2.55. The van der Waals surface area contributed by atoms with Gasteiger partial charge in [-0.1, -0.05) is 48.5 Å². The Morgan fingerprint density at radius 2 is 1.83 bits per heavy atom. The molecule has 120 valence electrons. The summed E-state index contributed by atoms with van der Waals surface area (Å²) in [5, 5.41) is 6.11. The zero-order chi connectivity index (χ0) is 15.9.